The number of aryl methyl sites for hydroxylation is 4. The number of thiophene rings is 4. The van der Waals surface area contributed by atoms with Crippen molar-refractivity contribution >= 4 is 45.3 Å². The highest BCUT2D eigenvalue weighted by Crippen LogP contribution is 2.41. The zero-order valence-electron chi connectivity index (χ0n) is 19.7. The molecule has 0 amide bonds. The van der Waals surface area contributed by atoms with Gasteiger partial charge in [0.15, 0.2) is 0 Å². The molecule has 4 heteroatoms. The molecular formula is C32H24S4. The average molecular weight is 537 g/mol. The SMILES string of the molecule is c1csc(-c2cc3c(-c4cccs4)cc2CCc2cc(-c4cccs4)c(cc2-c2cccs2)CC3)c1. The minimum atomic E-state index is 1.04. The molecule has 4 aliphatic rings. The molecule has 4 heterocycles. The fourth-order valence-electron chi connectivity index (χ4n) is 5.39. The highest BCUT2D eigenvalue weighted by molar-refractivity contribution is 7.14. The van der Waals surface area contributed by atoms with Gasteiger partial charge in [0.25, 0.3) is 0 Å². The van der Waals surface area contributed by atoms with E-state index in [1.165, 1.54) is 64.0 Å². The van der Waals surface area contributed by atoms with Crippen LogP contribution in [0.4, 0.5) is 0 Å². The predicted molar refractivity (Wildman–Crippen MR) is 161 cm³/mol. The molecule has 0 saturated heterocycles. The molecule has 0 N–H and O–H groups in total. The molecule has 4 aromatic heterocycles. The Bertz CT molecular complexity index is 1350. The summed E-state index contributed by atoms with van der Waals surface area (Å²) in [6, 6.07) is 27.9. The van der Waals surface area contributed by atoms with E-state index in [1.807, 2.05) is 45.3 Å². The van der Waals surface area contributed by atoms with Crippen LogP contribution in [0.15, 0.2) is 94.3 Å². The van der Waals surface area contributed by atoms with Gasteiger partial charge < -0.3 is 0 Å². The normalized spacial score (nSPS) is 13.1. The highest BCUT2D eigenvalue weighted by Gasteiger charge is 2.20. The Morgan fingerprint density at radius 1 is 0.361 bits per heavy atom. The fraction of sp³-hybridized carbons (Fsp3) is 0.125. The summed E-state index contributed by atoms with van der Waals surface area (Å²) in [6.07, 6.45) is 4.14. The quantitative estimate of drug-likeness (QED) is 0.210. The van der Waals surface area contributed by atoms with Crippen molar-refractivity contribution in [2.75, 3.05) is 0 Å². The van der Waals surface area contributed by atoms with Crippen molar-refractivity contribution in [2.45, 2.75) is 25.7 Å². The predicted octanol–water partition coefficient (Wildman–Crippen LogP) is 10.5. The maximum atomic E-state index is 2.51. The van der Waals surface area contributed by atoms with E-state index in [9.17, 15) is 0 Å². The summed E-state index contributed by atoms with van der Waals surface area (Å²) in [7, 11) is 0. The van der Waals surface area contributed by atoms with Crippen LogP contribution >= 0.6 is 45.3 Å². The molecule has 6 aromatic rings. The van der Waals surface area contributed by atoms with Crippen molar-refractivity contribution in [1.82, 2.24) is 0 Å². The lowest BCUT2D eigenvalue weighted by Crippen LogP contribution is -2.05. The Morgan fingerprint density at radius 3 is 0.806 bits per heavy atom. The molecule has 4 bridgehead atoms. The molecule has 4 aliphatic carbocycles. The Balaban J connectivity index is 1.44. The number of rotatable bonds is 4. The van der Waals surface area contributed by atoms with Gasteiger partial charge in [-0.25, -0.2) is 0 Å². The molecule has 0 nitrogen and oxygen atoms in total. The molecule has 0 fully saturated rings. The summed E-state index contributed by atoms with van der Waals surface area (Å²) >= 11 is 7.43. The summed E-state index contributed by atoms with van der Waals surface area (Å²) < 4.78 is 0. The molecule has 36 heavy (non-hydrogen) atoms. The van der Waals surface area contributed by atoms with E-state index in [4.69, 9.17) is 0 Å². The Morgan fingerprint density at radius 2 is 0.611 bits per heavy atom. The van der Waals surface area contributed by atoms with Crippen molar-refractivity contribution < 1.29 is 0 Å². The van der Waals surface area contributed by atoms with Gasteiger partial charge in [0.2, 0.25) is 0 Å². The minimum absolute atomic E-state index is 1.04. The molecule has 0 atom stereocenters. The Hall–Kier alpha value is -2.76. The minimum Gasteiger partial charge on any atom is -0.144 e. The van der Waals surface area contributed by atoms with E-state index in [2.05, 4.69) is 94.3 Å². The van der Waals surface area contributed by atoms with Crippen molar-refractivity contribution in [1.29, 1.82) is 0 Å². The molecule has 0 aliphatic heterocycles. The van der Waals surface area contributed by atoms with Crippen molar-refractivity contribution in [3.05, 3.63) is 117 Å². The number of hydrogen-bond acceptors (Lipinski definition) is 4. The third kappa shape index (κ3) is 4.12. The lowest BCUT2D eigenvalue weighted by molar-refractivity contribution is 0.930. The van der Waals surface area contributed by atoms with E-state index < -0.39 is 0 Å². The van der Waals surface area contributed by atoms with Crippen LogP contribution in [0.2, 0.25) is 0 Å². The second-order valence-corrected chi connectivity index (χ2v) is 13.0. The third-order valence-corrected chi connectivity index (χ3v) is 10.7. The first-order valence-corrected chi connectivity index (χ1v) is 15.8. The maximum absolute atomic E-state index is 2.51. The van der Waals surface area contributed by atoms with Crippen LogP contribution in [0, 0.1) is 0 Å². The number of benzene rings is 2. The maximum Gasteiger partial charge on any atom is 0.0345 e. The summed E-state index contributed by atoms with van der Waals surface area (Å²) in [6.45, 7) is 0. The molecule has 0 radical (unpaired) electrons. The van der Waals surface area contributed by atoms with Crippen LogP contribution in [0.25, 0.3) is 41.8 Å². The smallest absolute Gasteiger partial charge is 0.0345 e. The summed E-state index contributed by atoms with van der Waals surface area (Å²) in [5.41, 5.74) is 11.5. The van der Waals surface area contributed by atoms with Crippen LogP contribution < -0.4 is 0 Å². The van der Waals surface area contributed by atoms with Gasteiger partial charge in [-0.05, 0) is 140 Å². The zero-order chi connectivity index (χ0) is 23.9. The lowest BCUT2D eigenvalue weighted by Gasteiger charge is -2.21. The molecule has 2 aromatic carbocycles. The van der Waals surface area contributed by atoms with Crippen LogP contribution in [0.5, 0.6) is 0 Å². The summed E-state index contributed by atoms with van der Waals surface area (Å²) in [4.78, 5) is 5.53. The first kappa shape index (κ1) is 22.4. The monoisotopic (exact) mass is 536 g/mol. The molecule has 10 rings (SSSR count). The van der Waals surface area contributed by atoms with Gasteiger partial charge in [0.1, 0.15) is 0 Å². The van der Waals surface area contributed by atoms with Crippen molar-refractivity contribution in [3.63, 3.8) is 0 Å². The molecular weight excluding hydrogens is 513 g/mol. The van der Waals surface area contributed by atoms with Gasteiger partial charge in [-0.3, -0.25) is 0 Å². The molecule has 0 spiro atoms. The molecule has 176 valence electrons. The average Bonchev–Trinajstić information content (AvgIpc) is 3.72. The van der Waals surface area contributed by atoms with Crippen LogP contribution in [-0.2, 0) is 25.7 Å². The van der Waals surface area contributed by atoms with E-state index in [0.29, 0.717) is 0 Å². The zero-order valence-corrected chi connectivity index (χ0v) is 23.0. The fourth-order valence-corrected chi connectivity index (χ4v) is 8.50. The third-order valence-electron chi connectivity index (χ3n) is 7.13. The first-order chi connectivity index (χ1) is 17.8. The van der Waals surface area contributed by atoms with Crippen LogP contribution in [0.3, 0.4) is 0 Å². The highest BCUT2D eigenvalue weighted by atomic mass is 32.1. The van der Waals surface area contributed by atoms with E-state index in [1.54, 1.807) is 0 Å². The lowest BCUT2D eigenvalue weighted by atomic mass is 9.85. The molecule has 0 saturated carbocycles. The first-order valence-electron chi connectivity index (χ1n) is 12.3. The van der Waals surface area contributed by atoms with Gasteiger partial charge >= 0.3 is 0 Å². The second kappa shape index (κ2) is 9.60. The van der Waals surface area contributed by atoms with Gasteiger partial charge in [0, 0.05) is 19.5 Å². The van der Waals surface area contributed by atoms with Crippen LogP contribution in [0.1, 0.15) is 22.3 Å². The van der Waals surface area contributed by atoms with Crippen molar-refractivity contribution in [2.24, 2.45) is 0 Å². The largest absolute Gasteiger partial charge is 0.144 e. The summed E-state index contributed by atoms with van der Waals surface area (Å²) in [5, 5.41) is 8.81. The van der Waals surface area contributed by atoms with Gasteiger partial charge in [-0.2, -0.15) is 0 Å². The van der Waals surface area contributed by atoms with E-state index in [-0.39, 0.29) is 0 Å². The number of hydrogen-bond donors (Lipinski definition) is 0. The standard InChI is InChI=1S/C32H24S4/c1-5-29(33-13-1)25-17-22-11-12-24-20-27(31-7-3-15-35-31)23(19-28(24)32-8-4-16-36-32)10-9-21(25)18-26(22)30-6-2-14-34-30/h1-8,13-20H,9-12H2. The van der Waals surface area contributed by atoms with Gasteiger partial charge in [-0.15, -0.1) is 45.3 Å². The van der Waals surface area contributed by atoms with Gasteiger partial charge in [0.05, 0.1) is 0 Å². The topological polar surface area (TPSA) is 0 Å². The van der Waals surface area contributed by atoms with Crippen LogP contribution in [-0.4, -0.2) is 0 Å². The summed E-state index contributed by atoms with van der Waals surface area (Å²) in [5.74, 6) is 0. The Kier molecular flexibility index (Phi) is 5.99. The Labute approximate surface area is 228 Å². The second-order valence-electron chi connectivity index (χ2n) is 9.24. The van der Waals surface area contributed by atoms with E-state index in [0.717, 1.165) is 25.7 Å². The van der Waals surface area contributed by atoms with E-state index >= 15 is 0 Å². The van der Waals surface area contributed by atoms with Crippen molar-refractivity contribution in [3.8, 4) is 41.8 Å². The van der Waals surface area contributed by atoms with Gasteiger partial charge in [-0.1, -0.05) is 24.3 Å². The molecule has 0 unspecified atom stereocenters.